The van der Waals surface area contributed by atoms with Gasteiger partial charge in [-0.25, -0.2) is 4.99 Å². The van der Waals surface area contributed by atoms with Gasteiger partial charge in [0.2, 0.25) is 0 Å². The summed E-state index contributed by atoms with van der Waals surface area (Å²) in [4.78, 5) is 31.4. The van der Waals surface area contributed by atoms with E-state index < -0.39 is 4.92 Å². The zero-order valence-electron chi connectivity index (χ0n) is 20.9. The minimum Gasteiger partial charge on any atom is -0.493 e. The molecule has 1 saturated heterocycles. The molecule has 1 aliphatic heterocycles. The number of amidine groups is 1. The number of carbonyl (C=O) groups is 1. The first-order valence-corrected chi connectivity index (χ1v) is 12.7. The molecule has 1 aliphatic rings. The molecular weight excluding hydrogens is 518 g/mol. The lowest BCUT2D eigenvalue weighted by molar-refractivity contribution is -0.385. The average molecular weight is 542 g/mol. The molecule has 1 aromatic heterocycles. The Labute approximate surface area is 228 Å². The highest BCUT2D eigenvalue weighted by molar-refractivity contribution is 8.18. The fraction of sp³-hybridized carbons (Fsp3) is 0.103. The summed E-state index contributed by atoms with van der Waals surface area (Å²) in [5.74, 6) is 0.776. The topological polar surface area (TPSA) is 107 Å². The van der Waals surface area contributed by atoms with Crippen LogP contribution in [-0.4, -0.2) is 28.0 Å². The van der Waals surface area contributed by atoms with Gasteiger partial charge in [-0.15, -0.1) is 0 Å². The molecule has 9 nitrogen and oxygen atoms in total. The number of para-hydroxylation sites is 1. The number of ether oxygens (including phenoxy) is 2. The minimum absolute atomic E-state index is 0.166. The highest BCUT2D eigenvalue weighted by atomic mass is 32.2. The lowest BCUT2D eigenvalue weighted by Gasteiger charge is -2.14. The first-order valence-electron chi connectivity index (χ1n) is 11.9. The minimum atomic E-state index is -0.509. The first-order chi connectivity index (χ1) is 19.0. The molecule has 0 spiro atoms. The summed E-state index contributed by atoms with van der Waals surface area (Å²) in [6.07, 6.45) is 3.02. The Balaban J connectivity index is 1.50. The number of aliphatic imine (C=N–C) groups is 1. The van der Waals surface area contributed by atoms with E-state index in [1.807, 2.05) is 60.7 Å². The van der Waals surface area contributed by atoms with Crippen molar-refractivity contribution < 1.29 is 23.6 Å². The number of benzene rings is 3. The maximum Gasteiger partial charge on any atom is 0.280 e. The molecule has 196 valence electrons. The summed E-state index contributed by atoms with van der Waals surface area (Å²) in [6, 6.07) is 25.0. The Bertz CT molecular complexity index is 1540. The number of nitro groups is 1. The maximum atomic E-state index is 13.5. The molecule has 1 fully saturated rings. The quantitative estimate of drug-likeness (QED) is 0.134. The lowest BCUT2D eigenvalue weighted by Crippen LogP contribution is -2.28. The monoisotopic (exact) mass is 541 g/mol. The van der Waals surface area contributed by atoms with Crippen LogP contribution in [0.2, 0.25) is 0 Å². The molecule has 0 bridgehead atoms. The molecule has 5 rings (SSSR count). The van der Waals surface area contributed by atoms with Gasteiger partial charge in [0.05, 0.1) is 47.1 Å². The molecule has 4 aromatic rings. The van der Waals surface area contributed by atoms with Gasteiger partial charge in [-0.3, -0.25) is 19.8 Å². The van der Waals surface area contributed by atoms with Crippen molar-refractivity contribution >= 4 is 40.3 Å². The van der Waals surface area contributed by atoms with Crippen LogP contribution in [0.1, 0.15) is 16.9 Å². The van der Waals surface area contributed by atoms with Gasteiger partial charge in [0.1, 0.15) is 12.4 Å². The third kappa shape index (κ3) is 6.02. The number of hydrogen-bond donors (Lipinski definition) is 0. The van der Waals surface area contributed by atoms with Gasteiger partial charge in [0.25, 0.3) is 11.6 Å². The van der Waals surface area contributed by atoms with Crippen LogP contribution < -0.4 is 9.47 Å². The molecule has 39 heavy (non-hydrogen) atoms. The predicted molar refractivity (Wildman–Crippen MR) is 149 cm³/mol. The van der Waals surface area contributed by atoms with Crippen LogP contribution in [0.15, 0.2) is 106 Å². The zero-order chi connectivity index (χ0) is 27.2. The van der Waals surface area contributed by atoms with Crippen molar-refractivity contribution in [2.75, 3.05) is 7.11 Å². The third-order valence-corrected chi connectivity index (χ3v) is 6.80. The number of furan rings is 1. The van der Waals surface area contributed by atoms with E-state index >= 15 is 0 Å². The molecule has 0 saturated carbocycles. The van der Waals surface area contributed by atoms with E-state index in [0.29, 0.717) is 22.4 Å². The fourth-order valence-corrected chi connectivity index (χ4v) is 4.88. The second-order valence-electron chi connectivity index (χ2n) is 8.40. The van der Waals surface area contributed by atoms with Crippen molar-refractivity contribution in [2.45, 2.75) is 13.2 Å². The number of nitrogens with zero attached hydrogens (tertiary/aromatic N) is 3. The van der Waals surface area contributed by atoms with E-state index in [4.69, 9.17) is 13.9 Å². The van der Waals surface area contributed by atoms with Crippen molar-refractivity contribution in [3.05, 3.63) is 123 Å². The van der Waals surface area contributed by atoms with E-state index in [1.54, 1.807) is 12.1 Å². The normalized spacial score (nSPS) is 15.2. The SMILES string of the molecule is COc1cc(/C=C2\SC(=Nc3ccccc3)N(Cc3ccco3)C2=O)c([N+](=O)[O-])cc1OCc1ccccc1. The second-order valence-corrected chi connectivity index (χ2v) is 9.41. The van der Waals surface area contributed by atoms with Crippen molar-refractivity contribution in [3.63, 3.8) is 0 Å². The summed E-state index contributed by atoms with van der Waals surface area (Å²) in [5.41, 5.74) is 1.57. The fourth-order valence-electron chi connectivity index (χ4n) is 3.89. The van der Waals surface area contributed by atoms with Crippen LogP contribution in [0, 0.1) is 10.1 Å². The third-order valence-electron chi connectivity index (χ3n) is 5.80. The number of methoxy groups -OCH3 is 1. The van der Waals surface area contributed by atoms with E-state index in [9.17, 15) is 14.9 Å². The van der Waals surface area contributed by atoms with E-state index in [1.165, 1.54) is 36.5 Å². The van der Waals surface area contributed by atoms with Crippen LogP contribution in [0.25, 0.3) is 6.08 Å². The second kappa shape index (κ2) is 11.7. The van der Waals surface area contributed by atoms with Crippen molar-refractivity contribution in [2.24, 2.45) is 4.99 Å². The Kier molecular flexibility index (Phi) is 7.74. The van der Waals surface area contributed by atoms with E-state index in [2.05, 4.69) is 4.99 Å². The highest BCUT2D eigenvalue weighted by Gasteiger charge is 2.35. The maximum absolute atomic E-state index is 13.5. The summed E-state index contributed by atoms with van der Waals surface area (Å²) < 4.78 is 16.8. The lowest BCUT2D eigenvalue weighted by atomic mass is 10.1. The summed E-state index contributed by atoms with van der Waals surface area (Å²) in [6.45, 7) is 0.379. The molecular formula is C29H23N3O6S. The Morgan fingerprint density at radius 1 is 1.03 bits per heavy atom. The Morgan fingerprint density at radius 2 is 1.77 bits per heavy atom. The van der Waals surface area contributed by atoms with Gasteiger partial charge in [-0.1, -0.05) is 48.5 Å². The first kappa shape index (κ1) is 25.8. The van der Waals surface area contributed by atoms with Crippen LogP contribution in [0.3, 0.4) is 0 Å². The van der Waals surface area contributed by atoms with Crippen LogP contribution in [0.4, 0.5) is 11.4 Å². The summed E-state index contributed by atoms with van der Waals surface area (Å²) in [5, 5.41) is 12.5. The van der Waals surface area contributed by atoms with Gasteiger partial charge in [-0.05, 0) is 53.7 Å². The Hall–Kier alpha value is -4.83. The highest BCUT2D eigenvalue weighted by Crippen LogP contribution is 2.40. The molecule has 10 heteroatoms. The molecule has 0 unspecified atom stereocenters. The van der Waals surface area contributed by atoms with Crippen molar-refractivity contribution in [1.29, 1.82) is 0 Å². The van der Waals surface area contributed by atoms with E-state index in [-0.39, 0.29) is 41.0 Å². The summed E-state index contributed by atoms with van der Waals surface area (Å²) >= 11 is 1.14. The number of amides is 1. The molecule has 3 aromatic carbocycles. The molecule has 0 N–H and O–H groups in total. The number of rotatable bonds is 9. The van der Waals surface area contributed by atoms with Gasteiger partial charge in [0.15, 0.2) is 16.7 Å². The van der Waals surface area contributed by atoms with Gasteiger partial charge in [0, 0.05) is 0 Å². The van der Waals surface area contributed by atoms with Crippen molar-refractivity contribution in [3.8, 4) is 11.5 Å². The standard InChI is InChI=1S/C29H23N3O6S/c1-36-25-15-21(24(32(34)35)17-26(25)38-19-20-9-4-2-5-10-20)16-27-28(33)31(18-23-13-8-14-37-23)29(39-27)30-22-11-6-3-7-12-22/h2-17H,18-19H2,1H3/b27-16-,30-29?. The largest absolute Gasteiger partial charge is 0.493 e. The number of hydrogen-bond acceptors (Lipinski definition) is 8. The van der Waals surface area contributed by atoms with Crippen LogP contribution in [0.5, 0.6) is 11.5 Å². The number of carbonyl (C=O) groups excluding carboxylic acids is 1. The molecule has 0 radical (unpaired) electrons. The number of thioether (sulfide) groups is 1. The van der Waals surface area contributed by atoms with E-state index in [0.717, 1.165) is 17.3 Å². The van der Waals surface area contributed by atoms with Gasteiger partial charge < -0.3 is 13.9 Å². The van der Waals surface area contributed by atoms with Crippen molar-refractivity contribution in [1.82, 2.24) is 4.90 Å². The van der Waals surface area contributed by atoms with Gasteiger partial charge in [-0.2, -0.15) is 0 Å². The molecule has 0 atom stereocenters. The molecule has 2 heterocycles. The van der Waals surface area contributed by atoms with Gasteiger partial charge >= 0.3 is 0 Å². The molecule has 1 amide bonds. The number of nitro benzene ring substituents is 1. The summed E-state index contributed by atoms with van der Waals surface area (Å²) in [7, 11) is 1.46. The predicted octanol–water partition coefficient (Wildman–Crippen LogP) is 6.58. The smallest absolute Gasteiger partial charge is 0.280 e. The van der Waals surface area contributed by atoms with Crippen LogP contribution in [-0.2, 0) is 17.9 Å². The average Bonchev–Trinajstić information content (AvgIpc) is 3.57. The zero-order valence-corrected chi connectivity index (χ0v) is 21.7. The van der Waals surface area contributed by atoms with Crippen LogP contribution >= 0.6 is 11.8 Å². The molecule has 0 aliphatic carbocycles. The Morgan fingerprint density at radius 3 is 2.44 bits per heavy atom.